The molecule has 1 saturated heterocycles. The molecule has 0 saturated carbocycles. The van der Waals surface area contributed by atoms with E-state index >= 15 is 0 Å². The van der Waals surface area contributed by atoms with Crippen molar-refractivity contribution in [3.05, 3.63) is 23.7 Å². The summed E-state index contributed by atoms with van der Waals surface area (Å²) in [6.45, 7) is 1.73. The number of halogens is 1. The van der Waals surface area contributed by atoms with Gasteiger partial charge in [-0.3, -0.25) is 4.79 Å². The molecule has 1 amide bonds. The third-order valence-corrected chi connectivity index (χ3v) is 2.84. The molecule has 0 spiro atoms. The molecule has 2 heterocycles. The smallest absolute Gasteiger partial charge is 0.284 e. The Morgan fingerprint density at radius 1 is 1.45 bits per heavy atom. The second kappa shape index (κ2) is 8.10. The first-order valence-electron chi connectivity index (χ1n) is 6.19. The van der Waals surface area contributed by atoms with E-state index in [1.165, 1.54) is 6.07 Å². The van der Waals surface area contributed by atoms with Gasteiger partial charge in [-0.15, -0.1) is 24.0 Å². The second-order valence-electron chi connectivity index (χ2n) is 4.35. The Morgan fingerprint density at radius 3 is 2.85 bits per heavy atom. The fourth-order valence-corrected chi connectivity index (χ4v) is 1.84. The van der Waals surface area contributed by atoms with Gasteiger partial charge in [-0.25, -0.2) is 4.99 Å². The van der Waals surface area contributed by atoms with Crippen molar-refractivity contribution >= 4 is 35.8 Å². The molecule has 0 bridgehead atoms. The number of carbonyl (C=O) groups excluding carboxylic acids is 1. The Bertz CT molecular complexity index is 469. The number of rotatable bonds is 5. The predicted molar refractivity (Wildman–Crippen MR) is 84.9 cm³/mol. The molecule has 1 aromatic heterocycles. The molecule has 0 aromatic carbocycles. The van der Waals surface area contributed by atoms with Gasteiger partial charge in [0.2, 0.25) is 0 Å². The van der Waals surface area contributed by atoms with Crippen molar-refractivity contribution in [1.82, 2.24) is 5.32 Å². The van der Waals surface area contributed by atoms with Crippen LogP contribution in [0.15, 0.2) is 21.5 Å². The average Bonchev–Trinajstić information content (AvgIpc) is 3.05. The first-order valence-corrected chi connectivity index (χ1v) is 6.19. The van der Waals surface area contributed by atoms with Crippen LogP contribution in [0.3, 0.4) is 0 Å². The number of nitrogens with zero attached hydrogens (tertiary/aromatic N) is 1. The summed E-state index contributed by atoms with van der Waals surface area (Å²) in [6, 6.07) is 3.17. The van der Waals surface area contributed by atoms with Gasteiger partial charge in [-0.1, -0.05) is 0 Å². The molecule has 1 fully saturated rings. The lowest BCUT2D eigenvalue weighted by Gasteiger charge is -2.10. The molecule has 20 heavy (non-hydrogen) atoms. The third-order valence-electron chi connectivity index (χ3n) is 2.84. The summed E-state index contributed by atoms with van der Waals surface area (Å²) in [5.74, 6) is 0.388. The Kier molecular flexibility index (Phi) is 6.79. The van der Waals surface area contributed by atoms with E-state index in [1.54, 1.807) is 6.07 Å². The second-order valence-corrected chi connectivity index (χ2v) is 4.35. The van der Waals surface area contributed by atoms with Crippen molar-refractivity contribution in [2.24, 2.45) is 16.5 Å². The first-order chi connectivity index (χ1) is 9.15. The van der Waals surface area contributed by atoms with Gasteiger partial charge in [0.05, 0.1) is 6.10 Å². The van der Waals surface area contributed by atoms with E-state index in [1.807, 2.05) is 0 Å². The van der Waals surface area contributed by atoms with Crippen LogP contribution in [-0.4, -0.2) is 31.1 Å². The van der Waals surface area contributed by atoms with Crippen LogP contribution in [0.25, 0.3) is 0 Å². The van der Waals surface area contributed by atoms with Gasteiger partial charge in [-0.2, -0.15) is 0 Å². The number of ether oxygens (including phenoxy) is 1. The van der Waals surface area contributed by atoms with Crippen molar-refractivity contribution in [2.45, 2.75) is 25.5 Å². The number of nitrogens with two attached hydrogens (primary N) is 2. The van der Waals surface area contributed by atoms with E-state index < -0.39 is 5.91 Å². The van der Waals surface area contributed by atoms with Gasteiger partial charge < -0.3 is 25.9 Å². The van der Waals surface area contributed by atoms with Crippen LogP contribution in [0.2, 0.25) is 0 Å². The van der Waals surface area contributed by atoms with Crippen LogP contribution in [0.1, 0.15) is 29.2 Å². The van der Waals surface area contributed by atoms with Gasteiger partial charge in [0.1, 0.15) is 12.3 Å². The van der Waals surface area contributed by atoms with Crippen molar-refractivity contribution in [2.75, 3.05) is 13.2 Å². The minimum atomic E-state index is -0.597. The molecule has 1 unspecified atom stereocenters. The lowest BCUT2D eigenvalue weighted by atomic mass is 10.2. The Morgan fingerprint density at radius 2 is 2.25 bits per heavy atom. The third kappa shape index (κ3) is 5.00. The van der Waals surface area contributed by atoms with Crippen molar-refractivity contribution in [1.29, 1.82) is 0 Å². The summed E-state index contributed by atoms with van der Waals surface area (Å²) in [5, 5.41) is 2.99. The predicted octanol–water partition coefficient (Wildman–Crippen LogP) is 0.580. The highest BCUT2D eigenvalue weighted by molar-refractivity contribution is 14.0. The quantitative estimate of drug-likeness (QED) is 0.384. The number of hydrogen-bond donors (Lipinski definition) is 3. The molecule has 1 aliphatic heterocycles. The standard InChI is InChI=1S/C12H18N4O3.HI/c13-11(17)10-4-3-9(19-10)7-16-12(14)15-6-8-2-1-5-18-8;/h3-4,8H,1-2,5-7H2,(H2,13,17)(H3,14,15,16);1H. The zero-order valence-corrected chi connectivity index (χ0v) is 13.3. The molecule has 1 aliphatic rings. The van der Waals surface area contributed by atoms with E-state index in [2.05, 4.69) is 10.3 Å². The van der Waals surface area contributed by atoms with Crippen molar-refractivity contribution < 1.29 is 13.9 Å². The summed E-state index contributed by atoms with van der Waals surface area (Å²) < 4.78 is 10.6. The SMILES string of the molecule is I.NC(=O)c1ccc(CN=C(N)NCC2CCCO2)o1. The number of hydrogen-bond acceptors (Lipinski definition) is 4. The average molecular weight is 394 g/mol. The number of aliphatic imine (C=N–C) groups is 1. The van der Waals surface area contributed by atoms with Gasteiger partial charge in [0.15, 0.2) is 11.7 Å². The van der Waals surface area contributed by atoms with Crippen LogP contribution in [0, 0.1) is 0 Å². The Labute approximate surface area is 134 Å². The van der Waals surface area contributed by atoms with Gasteiger partial charge >= 0.3 is 0 Å². The molecule has 0 aliphatic carbocycles. The number of guanidine groups is 1. The maximum absolute atomic E-state index is 10.8. The van der Waals surface area contributed by atoms with E-state index in [4.69, 9.17) is 20.6 Å². The summed E-state index contributed by atoms with van der Waals surface area (Å²) >= 11 is 0. The van der Waals surface area contributed by atoms with Crippen LogP contribution in [-0.2, 0) is 11.3 Å². The molecular weight excluding hydrogens is 375 g/mol. The topological polar surface area (TPSA) is 116 Å². The molecule has 0 radical (unpaired) electrons. The number of furan rings is 1. The van der Waals surface area contributed by atoms with E-state index in [0.29, 0.717) is 18.3 Å². The molecule has 1 aromatic rings. The fourth-order valence-electron chi connectivity index (χ4n) is 1.84. The summed E-state index contributed by atoms with van der Waals surface area (Å²) in [5.41, 5.74) is 10.8. The highest BCUT2D eigenvalue weighted by Gasteiger charge is 2.14. The monoisotopic (exact) mass is 394 g/mol. The normalized spacial score (nSPS) is 18.6. The van der Waals surface area contributed by atoms with Crippen molar-refractivity contribution in [3.63, 3.8) is 0 Å². The highest BCUT2D eigenvalue weighted by atomic mass is 127. The van der Waals surface area contributed by atoms with Gasteiger partial charge in [-0.05, 0) is 25.0 Å². The number of carbonyl (C=O) groups is 1. The summed E-state index contributed by atoms with van der Waals surface area (Å²) in [7, 11) is 0. The maximum atomic E-state index is 10.8. The summed E-state index contributed by atoms with van der Waals surface area (Å²) in [4.78, 5) is 15.0. The number of amides is 1. The van der Waals surface area contributed by atoms with Crippen LogP contribution in [0.4, 0.5) is 0 Å². The van der Waals surface area contributed by atoms with E-state index in [9.17, 15) is 4.79 Å². The molecule has 7 nitrogen and oxygen atoms in total. The number of nitrogens with one attached hydrogen (secondary N) is 1. The molecule has 5 N–H and O–H groups in total. The molecular formula is C12H19IN4O3. The summed E-state index contributed by atoms with van der Waals surface area (Å²) in [6.07, 6.45) is 2.34. The minimum absolute atomic E-state index is 0. The Hall–Kier alpha value is -1.29. The van der Waals surface area contributed by atoms with Crippen LogP contribution in [0.5, 0.6) is 0 Å². The van der Waals surface area contributed by atoms with E-state index in [0.717, 1.165) is 19.4 Å². The molecule has 8 heteroatoms. The fraction of sp³-hybridized carbons (Fsp3) is 0.500. The van der Waals surface area contributed by atoms with E-state index in [-0.39, 0.29) is 42.4 Å². The minimum Gasteiger partial charge on any atom is -0.454 e. The molecule has 112 valence electrons. The number of primary amides is 1. The first kappa shape index (κ1) is 16.8. The van der Waals surface area contributed by atoms with Gasteiger partial charge in [0.25, 0.3) is 5.91 Å². The Balaban J connectivity index is 0.00000200. The lowest BCUT2D eigenvalue weighted by Crippen LogP contribution is -2.37. The molecule has 1 atom stereocenters. The van der Waals surface area contributed by atoms with Crippen LogP contribution < -0.4 is 16.8 Å². The van der Waals surface area contributed by atoms with Crippen LogP contribution >= 0.6 is 24.0 Å². The van der Waals surface area contributed by atoms with Crippen molar-refractivity contribution in [3.8, 4) is 0 Å². The largest absolute Gasteiger partial charge is 0.454 e. The zero-order chi connectivity index (χ0) is 13.7. The zero-order valence-electron chi connectivity index (χ0n) is 11.0. The maximum Gasteiger partial charge on any atom is 0.284 e. The highest BCUT2D eigenvalue weighted by Crippen LogP contribution is 2.10. The lowest BCUT2D eigenvalue weighted by molar-refractivity contribution is 0.0972. The van der Waals surface area contributed by atoms with Gasteiger partial charge in [0, 0.05) is 13.2 Å². The molecule has 2 rings (SSSR count).